The Balaban J connectivity index is 2.34. The van der Waals surface area contributed by atoms with Gasteiger partial charge in [0.05, 0.1) is 0 Å². The van der Waals surface area contributed by atoms with Crippen LogP contribution in [0.4, 0.5) is 0 Å². The highest BCUT2D eigenvalue weighted by atomic mass is 14.6. The van der Waals surface area contributed by atoms with Crippen LogP contribution in [0.25, 0.3) is 0 Å². The van der Waals surface area contributed by atoms with Gasteiger partial charge in [0.1, 0.15) is 0 Å². The molecule has 0 amide bonds. The molecule has 1 aromatic rings. The number of hydrogen-bond donors (Lipinski definition) is 0. The number of aromatic nitrogens is 1. The standard InChI is InChI=1S/C11H15N/c1-3-8-9(4-2)11-7-12-6-5-10(8)11/h5-9H,3-4H2,1-2H3. The van der Waals surface area contributed by atoms with E-state index in [-0.39, 0.29) is 0 Å². The van der Waals surface area contributed by atoms with Crippen molar-refractivity contribution in [2.45, 2.75) is 38.5 Å². The van der Waals surface area contributed by atoms with E-state index >= 15 is 0 Å². The van der Waals surface area contributed by atoms with E-state index in [0.717, 1.165) is 11.8 Å². The third-order valence-corrected chi connectivity index (χ3v) is 3.05. The minimum absolute atomic E-state index is 0.790. The van der Waals surface area contributed by atoms with Crippen molar-refractivity contribution in [3.63, 3.8) is 0 Å². The topological polar surface area (TPSA) is 12.9 Å². The number of fused-ring (bicyclic) bond motifs is 1. The summed E-state index contributed by atoms with van der Waals surface area (Å²) in [7, 11) is 0. The maximum Gasteiger partial charge on any atom is 0.0305 e. The first-order valence-electron chi connectivity index (χ1n) is 4.82. The molecular weight excluding hydrogens is 146 g/mol. The fourth-order valence-corrected chi connectivity index (χ4v) is 2.41. The van der Waals surface area contributed by atoms with Crippen molar-refractivity contribution in [3.05, 3.63) is 29.6 Å². The van der Waals surface area contributed by atoms with Gasteiger partial charge in [-0.1, -0.05) is 13.8 Å². The first-order valence-corrected chi connectivity index (χ1v) is 4.82. The molecule has 0 radical (unpaired) electrons. The molecule has 0 saturated carbocycles. The monoisotopic (exact) mass is 161 g/mol. The van der Waals surface area contributed by atoms with Crippen molar-refractivity contribution in [2.24, 2.45) is 0 Å². The molecular formula is C11H15N. The van der Waals surface area contributed by atoms with Gasteiger partial charge in [-0.15, -0.1) is 0 Å². The van der Waals surface area contributed by atoms with Crippen molar-refractivity contribution in [2.75, 3.05) is 0 Å². The largest absolute Gasteiger partial charge is 0.264 e. The number of pyridine rings is 1. The Morgan fingerprint density at radius 1 is 1.17 bits per heavy atom. The normalized spacial score (nSPS) is 26.2. The lowest BCUT2D eigenvalue weighted by Gasteiger charge is -2.38. The van der Waals surface area contributed by atoms with Gasteiger partial charge in [0, 0.05) is 12.4 Å². The van der Waals surface area contributed by atoms with Gasteiger partial charge >= 0.3 is 0 Å². The van der Waals surface area contributed by atoms with Gasteiger partial charge in [-0.25, -0.2) is 0 Å². The summed E-state index contributed by atoms with van der Waals surface area (Å²) in [6.45, 7) is 4.54. The zero-order valence-electron chi connectivity index (χ0n) is 7.75. The van der Waals surface area contributed by atoms with Gasteiger partial charge in [-0.2, -0.15) is 0 Å². The van der Waals surface area contributed by atoms with Crippen LogP contribution in [0.15, 0.2) is 18.5 Å². The predicted molar refractivity (Wildman–Crippen MR) is 50.3 cm³/mol. The van der Waals surface area contributed by atoms with E-state index in [0.29, 0.717) is 0 Å². The lowest BCUT2D eigenvalue weighted by atomic mass is 9.66. The molecule has 1 aromatic heterocycles. The van der Waals surface area contributed by atoms with Gasteiger partial charge in [-0.05, 0) is 41.9 Å². The molecule has 2 atom stereocenters. The highest BCUT2D eigenvalue weighted by Gasteiger charge is 2.34. The molecule has 0 saturated heterocycles. The van der Waals surface area contributed by atoms with Gasteiger partial charge in [0.15, 0.2) is 0 Å². The highest BCUT2D eigenvalue weighted by Crippen LogP contribution is 2.49. The molecule has 0 fully saturated rings. The van der Waals surface area contributed by atoms with Crippen molar-refractivity contribution in [3.8, 4) is 0 Å². The average Bonchev–Trinajstić information content (AvgIpc) is 2.08. The second kappa shape index (κ2) is 2.89. The number of nitrogens with zero attached hydrogens (tertiary/aromatic N) is 1. The van der Waals surface area contributed by atoms with E-state index in [4.69, 9.17) is 0 Å². The summed E-state index contributed by atoms with van der Waals surface area (Å²) < 4.78 is 0. The number of hydrogen-bond acceptors (Lipinski definition) is 1. The van der Waals surface area contributed by atoms with Gasteiger partial charge in [-0.3, -0.25) is 4.98 Å². The molecule has 2 unspecified atom stereocenters. The first-order chi connectivity index (χ1) is 5.88. The molecule has 1 aliphatic rings. The van der Waals surface area contributed by atoms with Gasteiger partial charge in [0.25, 0.3) is 0 Å². The minimum Gasteiger partial charge on any atom is -0.264 e. The average molecular weight is 161 g/mol. The Bertz CT molecular complexity index is 251. The molecule has 1 nitrogen and oxygen atoms in total. The molecule has 0 N–H and O–H groups in total. The molecule has 64 valence electrons. The van der Waals surface area contributed by atoms with Gasteiger partial charge < -0.3 is 0 Å². The van der Waals surface area contributed by atoms with Crippen molar-refractivity contribution < 1.29 is 0 Å². The second-order valence-electron chi connectivity index (χ2n) is 3.53. The summed E-state index contributed by atoms with van der Waals surface area (Å²) in [5.74, 6) is 1.60. The van der Waals surface area contributed by atoms with Crippen LogP contribution in [-0.4, -0.2) is 4.98 Å². The van der Waals surface area contributed by atoms with Crippen molar-refractivity contribution in [1.29, 1.82) is 0 Å². The van der Waals surface area contributed by atoms with E-state index < -0.39 is 0 Å². The Hall–Kier alpha value is -0.850. The Morgan fingerprint density at radius 3 is 2.50 bits per heavy atom. The van der Waals surface area contributed by atoms with Crippen LogP contribution in [0.3, 0.4) is 0 Å². The maximum atomic E-state index is 4.16. The van der Waals surface area contributed by atoms with Crippen molar-refractivity contribution >= 4 is 0 Å². The smallest absolute Gasteiger partial charge is 0.0305 e. The molecule has 0 aromatic carbocycles. The lowest BCUT2D eigenvalue weighted by molar-refractivity contribution is 0.443. The Morgan fingerprint density at radius 2 is 1.83 bits per heavy atom. The zero-order valence-corrected chi connectivity index (χ0v) is 7.75. The van der Waals surface area contributed by atoms with E-state index in [1.54, 1.807) is 5.56 Å². The summed E-state index contributed by atoms with van der Waals surface area (Å²) in [6, 6.07) is 2.18. The molecule has 12 heavy (non-hydrogen) atoms. The van der Waals surface area contributed by atoms with Crippen LogP contribution < -0.4 is 0 Å². The van der Waals surface area contributed by atoms with Crippen molar-refractivity contribution in [1.82, 2.24) is 4.98 Å². The third-order valence-electron chi connectivity index (χ3n) is 3.05. The van der Waals surface area contributed by atoms with Gasteiger partial charge in [0.2, 0.25) is 0 Å². The molecule has 0 aliphatic heterocycles. The molecule has 0 spiro atoms. The number of rotatable bonds is 2. The molecule has 1 heterocycles. The van der Waals surface area contributed by atoms with E-state index in [9.17, 15) is 0 Å². The molecule has 2 rings (SSSR count). The molecule has 0 bridgehead atoms. The SMILES string of the molecule is CCC1c2ccncc2C1CC. The maximum absolute atomic E-state index is 4.16. The summed E-state index contributed by atoms with van der Waals surface area (Å²) in [4.78, 5) is 4.16. The van der Waals surface area contributed by atoms with E-state index in [2.05, 4.69) is 24.9 Å². The van der Waals surface area contributed by atoms with Crippen LogP contribution in [0.1, 0.15) is 49.7 Å². The minimum atomic E-state index is 0.790. The fourth-order valence-electron chi connectivity index (χ4n) is 2.41. The molecule has 1 aliphatic carbocycles. The summed E-state index contributed by atoms with van der Waals surface area (Å²) in [5.41, 5.74) is 3.03. The predicted octanol–water partition coefficient (Wildman–Crippen LogP) is 3.08. The Kier molecular flexibility index (Phi) is 1.87. The fraction of sp³-hybridized carbons (Fsp3) is 0.545. The van der Waals surface area contributed by atoms with E-state index in [1.807, 2.05) is 12.4 Å². The van der Waals surface area contributed by atoms with Crippen LogP contribution in [0, 0.1) is 0 Å². The summed E-state index contributed by atoms with van der Waals surface area (Å²) >= 11 is 0. The van der Waals surface area contributed by atoms with Crippen LogP contribution in [0.2, 0.25) is 0 Å². The first kappa shape index (κ1) is 7.78. The molecule has 1 heteroatoms. The van der Waals surface area contributed by atoms with E-state index in [1.165, 1.54) is 18.4 Å². The summed E-state index contributed by atoms with van der Waals surface area (Å²) in [5, 5.41) is 0. The second-order valence-corrected chi connectivity index (χ2v) is 3.53. The van der Waals surface area contributed by atoms with Crippen LogP contribution in [-0.2, 0) is 0 Å². The van der Waals surface area contributed by atoms with Crippen LogP contribution >= 0.6 is 0 Å². The zero-order chi connectivity index (χ0) is 8.55. The third kappa shape index (κ3) is 0.889. The van der Waals surface area contributed by atoms with Crippen LogP contribution in [0.5, 0.6) is 0 Å². The quantitative estimate of drug-likeness (QED) is 0.649. The summed E-state index contributed by atoms with van der Waals surface area (Å²) in [6.07, 6.45) is 6.48. The lowest BCUT2D eigenvalue weighted by Crippen LogP contribution is -2.23. The highest BCUT2D eigenvalue weighted by molar-refractivity contribution is 5.42. The Labute approximate surface area is 73.8 Å².